The molecule has 11 heteroatoms. The topological polar surface area (TPSA) is 153 Å². The molecule has 0 atom stereocenters. The third-order valence-electron chi connectivity index (χ3n) is 6.45. The second-order valence-electron chi connectivity index (χ2n) is 9.06. The van der Waals surface area contributed by atoms with Crippen molar-refractivity contribution in [2.24, 2.45) is 0 Å². The molecule has 0 radical (unpaired) electrons. The lowest BCUT2D eigenvalue weighted by Crippen LogP contribution is -2.14. The molecule has 11 nitrogen and oxygen atoms in total. The molecule has 1 heterocycles. The minimum atomic E-state index is -0.739. The highest BCUT2D eigenvalue weighted by Crippen LogP contribution is 2.35. The zero-order chi connectivity index (χ0) is 29.7. The van der Waals surface area contributed by atoms with Gasteiger partial charge in [-0.25, -0.2) is 0 Å². The van der Waals surface area contributed by atoms with Crippen LogP contribution in [0, 0.1) is 45.4 Å². The lowest BCUT2D eigenvalue weighted by Gasteiger charge is -2.12. The maximum Gasteiger partial charge on any atom is 0.318 e. The van der Waals surface area contributed by atoms with Crippen molar-refractivity contribution in [3.63, 3.8) is 0 Å². The molecule has 0 bridgehead atoms. The van der Waals surface area contributed by atoms with E-state index in [1.54, 1.807) is 36.4 Å². The maximum absolute atomic E-state index is 12.9. The van der Waals surface area contributed by atoms with Crippen molar-refractivity contribution in [1.29, 1.82) is 5.26 Å². The predicted molar refractivity (Wildman–Crippen MR) is 153 cm³/mol. The van der Waals surface area contributed by atoms with Crippen LogP contribution in [0.25, 0.3) is 11.8 Å². The molecule has 41 heavy (non-hydrogen) atoms. The first-order valence-corrected chi connectivity index (χ1v) is 12.5. The minimum absolute atomic E-state index is 0.0374. The first-order valence-electron chi connectivity index (χ1n) is 12.5. The van der Waals surface area contributed by atoms with E-state index in [1.807, 2.05) is 55.7 Å². The van der Waals surface area contributed by atoms with Gasteiger partial charge in [0.1, 0.15) is 17.4 Å². The number of amides is 1. The van der Waals surface area contributed by atoms with Crippen molar-refractivity contribution in [3.8, 4) is 23.3 Å². The number of nitro groups is 2. The van der Waals surface area contributed by atoms with Crippen LogP contribution in [0.15, 0.2) is 78.4 Å². The van der Waals surface area contributed by atoms with Gasteiger partial charge < -0.3 is 14.6 Å². The zero-order valence-electron chi connectivity index (χ0n) is 22.5. The van der Waals surface area contributed by atoms with Crippen LogP contribution >= 0.6 is 0 Å². The normalized spacial score (nSPS) is 11.0. The number of ether oxygens (including phenoxy) is 1. The van der Waals surface area contributed by atoms with Crippen molar-refractivity contribution >= 4 is 29.0 Å². The van der Waals surface area contributed by atoms with Crippen LogP contribution < -0.4 is 10.1 Å². The molecule has 0 aliphatic carbocycles. The Kier molecular flexibility index (Phi) is 8.24. The number of aryl methyl sites for hydroxylation is 2. The highest BCUT2D eigenvalue weighted by Gasteiger charge is 2.21. The molecule has 4 rings (SSSR count). The molecule has 206 valence electrons. The van der Waals surface area contributed by atoms with Gasteiger partial charge in [-0.1, -0.05) is 25.1 Å². The van der Waals surface area contributed by atoms with Gasteiger partial charge in [-0.15, -0.1) is 0 Å². The number of aromatic nitrogens is 1. The maximum atomic E-state index is 12.9. The third-order valence-corrected chi connectivity index (χ3v) is 6.45. The molecule has 4 aromatic rings. The Balaban J connectivity index is 1.58. The Morgan fingerprint density at radius 1 is 1.02 bits per heavy atom. The Labute approximate surface area is 235 Å². The summed E-state index contributed by atoms with van der Waals surface area (Å²) in [5.74, 6) is -0.331. The third kappa shape index (κ3) is 6.12. The summed E-state index contributed by atoms with van der Waals surface area (Å²) in [6.07, 6.45) is 2.28. The fourth-order valence-corrected chi connectivity index (χ4v) is 4.41. The highest BCUT2D eigenvalue weighted by molar-refractivity contribution is 6.10. The van der Waals surface area contributed by atoms with E-state index in [2.05, 4.69) is 5.32 Å². The average molecular weight is 552 g/mol. The number of non-ortho nitro benzene ring substituents is 1. The standard InChI is InChI=1S/C30H25N5O6/c1-4-21-7-5-6-8-27(21)32-30(36)23(18-31)16-22-15-19(2)33(20(22)3)24-9-12-26(13-10-24)41-29-14-11-25(34(37)38)17-28(29)35(39)40/h5-17H,4H2,1-3H3,(H,32,36)/b23-16-. The summed E-state index contributed by atoms with van der Waals surface area (Å²) in [5, 5.41) is 34.9. The summed E-state index contributed by atoms with van der Waals surface area (Å²) in [4.78, 5) is 33.8. The van der Waals surface area contributed by atoms with Crippen molar-refractivity contribution < 1.29 is 19.4 Å². The van der Waals surface area contributed by atoms with Crippen molar-refractivity contribution in [3.05, 3.63) is 121 Å². The van der Waals surface area contributed by atoms with Gasteiger partial charge in [0.2, 0.25) is 5.75 Å². The van der Waals surface area contributed by atoms with E-state index in [0.717, 1.165) is 41.2 Å². The van der Waals surface area contributed by atoms with Gasteiger partial charge >= 0.3 is 5.69 Å². The fraction of sp³-hybridized carbons (Fsp3) is 0.133. The van der Waals surface area contributed by atoms with Crippen molar-refractivity contribution in [2.45, 2.75) is 27.2 Å². The largest absolute Gasteiger partial charge is 0.450 e. The van der Waals surface area contributed by atoms with E-state index >= 15 is 0 Å². The molecular formula is C30H25N5O6. The molecule has 1 N–H and O–H groups in total. The number of carbonyl (C=O) groups excluding carboxylic acids is 1. The first-order chi connectivity index (χ1) is 19.6. The molecule has 0 saturated carbocycles. The van der Waals surface area contributed by atoms with Crippen LogP contribution in [0.4, 0.5) is 17.1 Å². The van der Waals surface area contributed by atoms with Gasteiger partial charge in [-0.3, -0.25) is 25.0 Å². The first kappa shape index (κ1) is 28.3. The molecule has 1 aromatic heterocycles. The molecule has 0 aliphatic heterocycles. The molecule has 0 fully saturated rings. The number of nitrogens with one attached hydrogen (secondary N) is 1. The number of para-hydroxylation sites is 1. The predicted octanol–water partition coefficient (Wildman–Crippen LogP) is 6.81. The molecule has 0 spiro atoms. The number of anilines is 1. The number of benzene rings is 3. The number of hydrogen-bond donors (Lipinski definition) is 1. The molecule has 3 aromatic carbocycles. The van der Waals surface area contributed by atoms with Crippen molar-refractivity contribution in [1.82, 2.24) is 4.57 Å². The molecule has 0 saturated heterocycles. The van der Waals surface area contributed by atoms with Crippen LogP contribution in [0.3, 0.4) is 0 Å². The fourth-order valence-electron chi connectivity index (χ4n) is 4.41. The lowest BCUT2D eigenvalue weighted by molar-refractivity contribution is -0.394. The van der Waals surface area contributed by atoms with Crippen LogP contribution in [0.5, 0.6) is 11.5 Å². The van der Waals surface area contributed by atoms with Gasteiger partial charge in [0.25, 0.3) is 11.6 Å². The van der Waals surface area contributed by atoms with Crippen LogP contribution in [-0.2, 0) is 11.2 Å². The minimum Gasteiger partial charge on any atom is -0.450 e. The number of rotatable bonds is 9. The van der Waals surface area contributed by atoms with E-state index in [9.17, 15) is 30.3 Å². The Bertz CT molecular complexity index is 1730. The number of nitrogens with zero attached hydrogens (tertiary/aromatic N) is 4. The number of hydrogen-bond acceptors (Lipinski definition) is 7. The summed E-state index contributed by atoms with van der Waals surface area (Å²) in [7, 11) is 0. The van der Waals surface area contributed by atoms with Gasteiger partial charge in [-0.2, -0.15) is 5.26 Å². The molecule has 1 amide bonds. The SMILES string of the molecule is CCc1ccccc1NC(=O)/C(C#N)=C\c1cc(C)n(-c2ccc(Oc3ccc([N+](=O)[O-])cc3[N+](=O)[O-])cc2)c1C. The van der Waals surface area contributed by atoms with E-state index < -0.39 is 27.1 Å². The average Bonchev–Trinajstić information content (AvgIpc) is 3.24. The van der Waals surface area contributed by atoms with E-state index in [1.165, 1.54) is 6.07 Å². The quantitative estimate of drug-likeness (QED) is 0.104. The smallest absolute Gasteiger partial charge is 0.318 e. The van der Waals surface area contributed by atoms with Crippen molar-refractivity contribution in [2.75, 3.05) is 5.32 Å². The van der Waals surface area contributed by atoms with Crippen LogP contribution in [-0.4, -0.2) is 20.3 Å². The van der Waals surface area contributed by atoms with Gasteiger partial charge in [0, 0.05) is 28.8 Å². The Morgan fingerprint density at radius 3 is 2.37 bits per heavy atom. The summed E-state index contributed by atoms with van der Waals surface area (Å²) in [6, 6.07) is 21.2. The summed E-state index contributed by atoms with van der Waals surface area (Å²) in [6.45, 7) is 5.74. The second kappa shape index (κ2) is 12.0. The van der Waals surface area contributed by atoms with Gasteiger partial charge in [0.05, 0.1) is 15.9 Å². The van der Waals surface area contributed by atoms with Gasteiger partial charge in [0.15, 0.2) is 0 Å². The molecule has 0 unspecified atom stereocenters. The number of nitriles is 1. The van der Waals surface area contributed by atoms with E-state index in [4.69, 9.17) is 4.74 Å². The molecular weight excluding hydrogens is 526 g/mol. The van der Waals surface area contributed by atoms with E-state index in [-0.39, 0.29) is 11.3 Å². The number of carbonyl (C=O) groups is 1. The molecule has 0 aliphatic rings. The second-order valence-corrected chi connectivity index (χ2v) is 9.06. The highest BCUT2D eigenvalue weighted by atomic mass is 16.6. The zero-order valence-corrected chi connectivity index (χ0v) is 22.5. The number of nitro benzene ring substituents is 2. The lowest BCUT2D eigenvalue weighted by atomic mass is 10.1. The summed E-state index contributed by atoms with van der Waals surface area (Å²) in [5.41, 5.74) is 3.74. The monoisotopic (exact) mass is 551 g/mol. The van der Waals surface area contributed by atoms with Crippen LogP contribution in [0.2, 0.25) is 0 Å². The Hall–Kier alpha value is -5.76. The van der Waals surface area contributed by atoms with E-state index in [0.29, 0.717) is 17.0 Å². The Morgan fingerprint density at radius 2 is 1.73 bits per heavy atom. The summed E-state index contributed by atoms with van der Waals surface area (Å²) >= 11 is 0. The summed E-state index contributed by atoms with van der Waals surface area (Å²) < 4.78 is 7.59. The van der Waals surface area contributed by atoms with Gasteiger partial charge in [-0.05, 0) is 79.9 Å². The van der Waals surface area contributed by atoms with Crippen LogP contribution in [0.1, 0.15) is 29.4 Å².